The molecule has 0 aliphatic carbocycles. The molecule has 1 N–H and O–H groups in total. The zero-order valence-corrected chi connectivity index (χ0v) is 9.61. The number of rotatable bonds is 5. The Morgan fingerprint density at radius 2 is 2.00 bits per heavy atom. The van der Waals surface area contributed by atoms with E-state index in [1.807, 2.05) is 14.1 Å². The highest BCUT2D eigenvalue weighted by Gasteiger charge is 2.20. The van der Waals surface area contributed by atoms with Crippen molar-refractivity contribution >= 4 is 17.5 Å². The Balaban J connectivity index is 3.81. The molecule has 0 spiro atoms. The molecule has 0 heterocycles. The second-order valence-corrected chi connectivity index (χ2v) is 4.30. The van der Waals surface area contributed by atoms with Crippen LogP contribution < -0.4 is 5.32 Å². The number of hydrogen-bond acceptors (Lipinski definition) is 2. The fourth-order valence-electron chi connectivity index (χ4n) is 0.647. The number of nitrogens with one attached hydrogen (secondary N) is 1. The summed E-state index contributed by atoms with van der Waals surface area (Å²) >= 11 is 5.44. The summed E-state index contributed by atoms with van der Waals surface area (Å²) < 4.78 is 0. The number of likely N-dealkylation sites (N-methyl/N-ethyl adjacent to an activating group) is 1. The topological polar surface area (TPSA) is 32.3 Å². The maximum Gasteiger partial charge on any atom is 0.221 e. The van der Waals surface area contributed by atoms with E-state index in [9.17, 15) is 4.79 Å². The first-order chi connectivity index (χ1) is 5.90. The van der Waals surface area contributed by atoms with Gasteiger partial charge in [-0.15, -0.1) is 11.6 Å². The van der Waals surface area contributed by atoms with Gasteiger partial charge in [0.15, 0.2) is 0 Å². The zero-order chi connectivity index (χ0) is 10.5. The van der Waals surface area contributed by atoms with Gasteiger partial charge in [0.2, 0.25) is 5.91 Å². The summed E-state index contributed by atoms with van der Waals surface area (Å²) in [5, 5.41) is 2.84. The molecule has 0 bridgehead atoms. The fraction of sp³-hybridized carbons (Fsp3) is 0.889. The number of nitrogens with zero attached hydrogens (tertiary/aromatic N) is 1. The van der Waals surface area contributed by atoms with E-state index >= 15 is 0 Å². The van der Waals surface area contributed by atoms with Crippen LogP contribution in [0.4, 0.5) is 0 Å². The molecule has 0 aromatic rings. The van der Waals surface area contributed by atoms with Gasteiger partial charge in [-0.3, -0.25) is 4.79 Å². The van der Waals surface area contributed by atoms with E-state index in [0.29, 0.717) is 18.8 Å². The molecule has 0 radical (unpaired) electrons. The Hall–Kier alpha value is -0.280. The Morgan fingerprint density at radius 1 is 1.46 bits per heavy atom. The van der Waals surface area contributed by atoms with Gasteiger partial charge in [0.1, 0.15) is 0 Å². The lowest BCUT2D eigenvalue weighted by Gasteiger charge is -2.32. The number of carbonyl (C=O) groups is 1. The third-order valence-corrected chi connectivity index (χ3v) is 2.44. The lowest BCUT2D eigenvalue weighted by molar-refractivity contribution is -0.121. The second-order valence-electron chi connectivity index (χ2n) is 3.92. The maximum absolute atomic E-state index is 11.1. The largest absolute Gasteiger partial charge is 0.354 e. The van der Waals surface area contributed by atoms with Crippen LogP contribution in [0.3, 0.4) is 0 Å². The van der Waals surface area contributed by atoms with Gasteiger partial charge in [0.25, 0.3) is 0 Å². The van der Waals surface area contributed by atoms with Gasteiger partial charge in [-0.25, -0.2) is 0 Å². The third-order valence-electron chi connectivity index (χ3n) is 2.25. The Morgan fingerprint density at radius 3 is 2.38 bits per heavy atom. The highest BCUT2D eigenvalue weighted by atomic mass is 35.5. The molecule has 0 unspecified atom stereocenters. The van der Waals surface area contributed by atoms with Crippen LogP contribution in [0.5, 0.6) is 0 Å². The molecule has 78 valence electrons. The van der Waals surface area contributed by atoms with Crippen LogP contribution in [0, 0.1) is 0 Å². The molecule has 0 rings (SSSR count). The van der Waals surface area contributed by atoms with E-state index < -0.39 is 0 Å². The molecule has 4 heteroatoms. The average molecular weight is 207 g/mol. The number of alkyl halides is 1. The molecule has 0 aliphatic rings. The van der Waals surface area contributed by atoms with Crippen LogP contribution in [0.25, 0.3) is 0 Å². The van der Waals surface area contributed by atoms with Crippen molar-refractivity contribution in [3.05, 3.63) is 0 Å². The van der Waals surface area contributed by atoms with Crippen molar-refractivity contribution in [3.8, 4) is 0 Å². The SMILES string of the molecule is CN(C)C(C)(C)CNC(=O)CCCl. The predicted molar refractivity (Wildman–Crippen MR) is 56.1 cm³/mol. The summed E-state index contributed by atoms with van der Waals surface area (Å²) in [6.45, 7) is 4.80. The van der Waals surface area contributed by atoms with Crippen molar-refractivity contribution < 1.29 is 4.79 Å². The van der Waals surface area contributed by atoms with Gasteiger partial charge < -0.3 is 10.2 Å². The summed E-state index contributed by atoms with van der Waals surface area (Å²) in [4.78, 5) is 13.2. The number of hydrogen-bond donors (Lipinski definition) is 1. The quantitative estimate of drug-likeness (QED) is 0.683. The molecule has 0 aliphatic heterocycles. The predicted octanol–water partition coefficient (Wildman–Crippen LogP) is 1.07. The zero-order valence-electron chi connectivity index (χ0n) is 8.85. The second kappa shape index (κ2) is 5.45. The summed E-state index contributed by atoms with van der Waals surface area (Å²) in [6, 6.07) is 0. The number of halogens is 1. The van der Waals surface area contributed by atoms with Crippen LogP contribution in [0.15, 0.2) is 0 Å². The van der Waals surface area contributed by atoms with Crippen LogP contribution in [0.1, 0.15) is 20.3 Å². The van der Waals surface area contributed by atoms with Gasteiger partial charge >= 0.3 is 0 Å². The standard InChI is InChI=1S/C9H19ClN2O/c1-9(2,12(3)4)7-11-8(13)5-6-10/h5-7H2,1-4H3,(H,11,13). The van der Waals surface area contributed by atoms with Crippen LogP contribution in [-0.2, 0) is 4.79 Å². The molecule has 0 aromatic heterocycles. The minimum absolute atomic E-state index is 0.0119. The van der Waals surface area contributed by atoms with Gasteiger partial charge in [0.05, 0.1) is 0 Å². The normalized spacial score (nSPS) is 11.8. The van der Waals surface area contributed by atoms with Crippen molar-refractivity contribution in [2.75, 3.05) is 26.5 Å². The van der Waals surface area contributed by atoms with Gasteiger partial charge in [-0.1, -0.05) is 0 Å². The minimum Gasteiger partial charge on any atom is -0.354 e. The van der Waals surface area contributed by atoms with Crippen LogP contribution in [0.2, 0.25) is 0 Å². The van der Waals surface area contributed by atoms with E-state index in [2.05, 4.69) is 24.1 Å². The fourth-order valence-corrected chi connectivity index (χ4v) is 0.819. The molecule has 1 amide bonds. The summed E-state index contributed by atoms with van der Waals surface area (Å²) in [7, 11) is 3.99. The van der Waals surface area contributed by atoms with Crippen LogP contribution in [-0.4, -0.2) is 42.9 Å². The highest BCUT2D eigenvalue weighted by molar-refractivity contribution is 6.18. The molecule has 3 nitrogen and oxygen atoms in total. The van der Waals surface area contributed by atoms with Gasteiger partial charge in [-0.05, 0) is 27.9 Å². The first kappa shape index (κ1) is 12.7. The highest BCUT2D eigenvalue weighted by Crippen LogP contribution is 2.07. The Bertz CT molecular complexity index is 169. The first-order valence-corrected chi connectivity index (χ1v) is 4.93. The molecular weight excluding hydrogens is 188 g/mol. The molecule has 0 saturated carbocycles. The third kappa shape index (κ3) is 5.11. The molecule has 0 fully saturated rings. The maximum atomic E-state index is 11.1. The lowest BCUT2D eigenvalue weighted by Crippen LogP contribution is -2.48. The summed E-state index contributed by atoms with van der Waals surface area (Å²) in [6.07, 6.45) is 0.394. The smallest absolute Gasteiger partial charge is 0.221 e. The number of amides is 1. The van der Waals surface area contributed by atoms with Gasteiger partial charge in [0, 0.05) is 24.4 Å². The van der Waals surface area contributed by atoms with E-state index in [-0.39, 0.29) is 11.4 Å². The molecule has 0 saturated heterocycles. The summed E-state index contributed by atoms with van der Waals surface area (Å²) in [5.41, 5.74) is -0.0119. The molecule has 0 atom stereocenters. The molecule has 13 heavy (non-hydrogen) atoms. The van der Waals surface area contributed by atoms with Crippen molar-refractivity contribution in [2.24, 2.45) is 0 Å². The van der Waals surface area contributed by atoms with Crippen molar-refractivity contribution in [3.63, 3.8) is 0 Å². The number of carbonyl (C=O) groups excluding carboxylic acids is 1. The van der Waals surface area contributed by atoms with E-state index in [0.717, 1.165) is 0 Å². The first-order valence-electron chi connectivity index (χ1n) is 4.40. The molecular formula is C9H19ClN2O. The van der Waals surface area contributed by atoms with Crippen molar-refractivity contribution in [2.45, 2.75) is 25.8 Å². The summed E-state index contributed by atoms with van der Waals surface area (Å²) in [5.74, 6) is 0.402. The molecule has 0 aromatic carbocycles. The van der Waals surface area contributed by atoms with E-state index in [4.69, 9.17) is 11.6 Å². The minimum atomic E-state index is -0.0119. The average Bonchev–Trinajstić information content (AvgIpc) is 2.01. The monoisotopic (exact) mass is 206 g/mol. The van der Waals surface area contributed by atoms with E-state index in [1.165, 1.54) is 0 Å². The van der Waals surface area contributed by atoms with E-state index in [1.54, 1.807) is 0 Å². The Kier molecular flexibility index (Phi) is 5.33. The van der Waals surface area contributed by atoms with Crippen LogP contribution >= 0.6 is 11.6 Å². The lowest BCUT2D eigenvalue weighted by atomic mass is 10.0. The van der Waals surface area contributed by atoms with Gasteiger partial charge in [-0.2, -0.15) is 0 Å². The Labute approximate surface area is 85.4 Å². The van der Waals surface area contributed by atoms with Crippen molar-refractivity contribution in [1.29, 1.82) is 0 Å². The van der Waals surface area contributed by atoms with Crippen molar-refractivity contribution in [1.82, 2.24) is 10.2 Å².